The summed E-state index contributed by atoms with van der Waals surface area (Å²) in [6, 6.07) is 0. The van der Waals surface area contributed by atoms with Gasteiger partial charge in [-0.1, -0.05) is 38.8 Å². The first-order valence-electron chi connectivity index (χ1n) is 4.97. The van der Waals surface area contributed by atoms with E-state index in [2.05, 4.69) is 45.7 Å². The fourth-order valence-corrected chi connectivity index (χ4v) is 3.78. The van der Waals surface area contributed by atoms with E-state index < -0.39 is 0 Å². The lowest BCUT2D eigenvalue weighted by atomic mass is 9.77. The molecule has 2 rings (SSSR count). The Morgan fingerprint density at radius 2 is 2.15 bits per heavy atom. The molecular formula is C10H16Br2O. The van der Waals surface area contributed by atoms with Crippen LogP contribution in [0.1, 0.15) is 26.7 Å². The van der Waals surface area contributed by atoms with Crippen LogP contribution in [0.3, 0.4) is 0 Å². The van der Waals surface area contributed by atoms with E-state index in [4.69, 9.17) is 4.74 Å². The highest BCUT2D eigenvalue weighted by atomic mass is 79.9. The first kappa shape index (κ1) is 10.4. The zero-order valence-electron chi connectivity index (χ0n) is 8.09. The molecule has 0 radical (unpaired) electrons. The lowest BCUT2D eigenvalue weighted by molar-refractivity contribution is 0.0651. The van der Waals surface area contributed by atoms with Gasteiger partial charge in [-0.25, -0.2) is 0 Å². The molecule has 5 unspecified atom stereocenters. The van der Waals surface area contributed by atoms with Gasteiger partial charge >= 0.3 is 0 Å². The normalized spacial score (nSPS) is 56.3. The van der Waals surface area contributed by atoms with Crippen molar-refractivity contribution in [3.63, 3.8) is 0 Å². The Bertz CT molecular complexity index is 205. The molecule has 2 aliphatic rings. The minimum absolute atomic E-state index is 0.220. The summed E-state index contributed by atoms with van der Waals surface area (Å²) in [7, 11) is 0. The van der Waals surface area contributed by atoms with Crippen LogP contribution in [0.15, 0.2) is 0 Å². The topological polar surface area (TPSA) is 9.23 Å². The van der Waals surface area contributed by atoms with Crippen molar-refractivity contribution < 1.29 is 4.74 Å². The molecular weight excluding hydrogens is 296 g/mol. The Morgan fingerprint density at radius 3 is 2.85 bits per heavy atom. The molecule has 0 N–H and O–H groups in total. The highest BCUT2D eigenvalue weighted by molar-refractivity contribution is 9.12. The number of hydrogen-bond acceptors (Lipinski definition) is 1. The van der Waals surface area contributed by atoms with Gasteiger partial charge in [-0.3, -0.25) is 0 Å². The van der Waals surface area contributed by atoms with Gasteiger partial charge in [-0.2, -0.15) is 0 Å². The van der Waals surface area contributed by atoms with Crippen LogP contribution in [-0.4, -0.2) is 21.9 Å². The van der Waals surface area contributed by atoms with E-state index in [1.54, 1.807) is 0 Å². The van der Waals surface area contributed by atoms with Gasteiger partial charge < -0.3 is 4.74 Å². The standard InChI is InChI=1S/C10H16Br2O/c1-6-5-13-8-7(6)3-4-10(2,12)9(8)11/h6-9H,3-5H2,1-2H3. The molecule has 13 heavy (non-hydrogen) atoms. The molecule has 1 saturated carbocycles. The van der Waals surface area contributed by atoms with Crippen molar-refractivity contribution in [1.29, 1.82) is 0 Å². The van der Waals surface area contributed by atoms with E-state index in [1.807, 2.05) is 0 Å². The van der Waals surface area contributed by atoms with Gasteiger partial charge in [0.15, 0.2) is 0 Å². The molecule has 76 valence electrons. The van der Waals surface area contributed by atoms with Gasteiger partial charge in [0.1, 0.15) is 0 Å². The molecule has 1 aliphatic heterocycles. The van der Waals surface area contributed by atoms with Crippen LogP contribution in [0.2, 0.25) is 0 Å². The first-order valence-corrected chi connectivity index (χ1v) is 6.68. The third-order valence-electron chi connectivity index (χ3n) is 3.53. The van der Waals surface area contributed by atoms with E-state index in [0.29, 0.717) is 10.9 Å². The third kappa shape index (κ3) is 1.72. The second kappa shape index (κ2) is 3.49. The van der Waals surface area contributed by atoms with Crippen LogP contribution in [-0.2, 0) is 4.74 Å². The van der Waals surface area contributed by atoms with E-state index >= 15 is 0 Å². The third-order valence-corrected chi connectivity index (χ3v) is 6.57. The van der Waals surface area contributed by atoms with Gasteiger partial charge in [0, 0.05) is 10.9 Å². The van der Waals surface area contributed by atoms with Crippen molar-refractivity contribution in [2.45, 2.75) is 41.9 Å². The Kier molecular flexibility index (Phi) is 2.81. The van der Waals surface area contributed by atoms with Gasteiger partial charge in [0.25, 0.3) is 0 Å². The SMILES string of the molecule is CC1COC2C1CCC(C)(Br)C2Br. The lowest BCUT2D eigenvalue weighted by Crippen LogP contribution is -2.46. The highest BCUT2D eigenvalue weighted by Gasteiger charge is 2.49. The summed E-state index contributed by atoms with van der Waals surface area (Å²) < 4.78 is 6.06. The van der Waals surface area contributed by atoms with Crippen LogP contribution >= 0.6 is 31.9 Å². The van der Waals surface area contributed by atoms with Crippen LogP contribution in [0.5, 0.6) is 0 Å². The quantitative estimate of drug-likeness (QED) is 0.623. The fourth-order valence-electron chi connectivity index (χ4n) is 2.51. The Labute approximate surface area is 96.9 Å². The molecule has 0 aromatic rings. The summed E-state index contributed by atoms with van der Waals surface area (Å²) in [5.74, 6) is 1.52. The Hall–Kier alpha value is 0.920. The highest BCUT2D eigenvalue weighted by Crippen LogP contribution is 2.48. The zero-order valence-corrected chi connectivity index (χ0v) is 11.3. The molecule has 1 aliphatic carbocycles. The van der Waals surface area contributed by atoms with Crippen LogP contribution in [0.4, 0.5) is 0 Å². The Balaban J connectivity index is 2.15. The van der Waals surface area contributed by atoms with E-state index in [9.17, 15) is 0 Å². The molecule has 1 heterocycles. The van der Waals surface area contributed by atoms with Crippen LogP contribution in [0, 0.1) is 11.8 Å². The summed E-state index contributed by atoms with van der Waals surface area (Å²) in [5, 5.41) is 0. The summed E-state index contributed by atoms with van der Waals surface area (Å²) in [6.07, 6.45) is 2.97. The first-order chi connectivity index (χ1) is 6.02. The number of alkyl halides is 2. The summed E-state index contributed by atoms with van der Waals surface area (Å²) in [6.45, 7) is 5.51. The summed E-state index contributed by atoms with van der Waals surface area (Å²) >= 11 is 7.56. The molecule has 1 nitrogen and oxygen atoms in total. The van der Waals surface area contributed by atoms with Crippen molar-refractivity contribution >= 4 is 31.9 Å². The number of fused-ring (bicyclic) bond motifs is 1. The van der Waals surface area contributed by atoms with E-state index in [-0.39, 0.29) is 4.32 Å². The maximum atomic E-state index is 5.84. The number of ether oxygens (including phenoxy) is 1. The number of rotatable bonds is 0. The minimum Gasteiger partial charge on any atom is -0.376 e. The van der Waals surface area contributed by atoms with E-state index in [1.165, 1.54) is 12.8 Å². The smallest absolute Gasteiger partial charge is 0.0745 e. The minimum atomic E-state index is 0.220. The molecule has 5 atom stereocenters. The van der Waals surface area contributed by atoms with Crippen molar-refractivity contribution in [3.8, 4) is 0 Å². The van der Waals surface area contributed by atoms with Crippen molar-refractivity contribution in [1.82, 2.24) is 0 Å². The maximum absolute atomic E-state index is 5.84. The fraction of sp³-hybridized carbons (Fsp3) is 1.00. The van der Waals surface area contributed by atoms with Crippen molar-refractivity contribution in [2.24, 2.45) is 11.8 Å². The predicted octanol–water partition coefficient (Wildman–Crippen LogP) is 3.35. The van der Waals surface area contributed by atoms with Gasteiger partial charge in [0.05, 0.1) is 10.9 Å². The second-order valence-corrected chi connectivity index (χ2v) is 7.46. The predicted molar refractivity (Wildman–Crippen MR) is 61.7 cm³/mol. The molecule has 2 fully saturated rings. The van der Waals surface area contributed by atoms with Gasteiger partial charge in [-0.05, 0) is 31.6 Å². The van der Waals surface area contributed by atoms with Gasteiger partial charge in [-0.15, -0.1) is 0 Å². The zero-order chi connectivity index (χ0) is 9.64. The molecule has 3 heteroatoms. The summed E-state index contributed by atoms with van der Waals surface area (Å²) in [4.78, 5) is 0.462. The number of halogens is 2. The lowest BCUT2D eigenvalue weighted by Gasteiger charge is -2.41. The largest absolute Gasteiger partial charge is 0.376 e. The van der Waals surface area contributed by atoms with Crippen molar-refractivity contribution in [3.05, 3.63) is 0 Å². The molecule has 0 bridgehead atoms. The molecule has 0 aromatic carbocycles. The Morgan fingerprint density at radius 1 is 1.46 bits per heavy atom. The van der Waals surface area contributed by atoms with Crippen molar-refractivity contribution in [2.75, 3.05) is 6.61 Å². The average Bonchev–Trinajstić information content (AvgIpc) is 2.41. The van der Waals surface area contributed by atoms with E-state index in [0.717, 1.165) is 18.4 Å². The average molecular weight is 312 g/mol. The number of hydrogen-bond donors (Lipinski definition) is 0. The molecule has 0 aromatic heterocycles. The van der Waals surface area contributed by atoms with Gasteiger partial charge in [0.2, 0.25) is 0 Å². The monoisotopic (exact) mass is 310 g/mol. The second-order valence-electron chi connectivity index (χ2n) is 4.66. The molecule has 0 amide bonds. The van der Waals surface area contributed by atoms with Crippen LogP contribution in [0.25, 0.3) is 0 Å². The van der Waals surface area contributed by atoms with Crippen LogP contribution < -0.4 is 0 Å². The summed E-state index contributed by atoms with van der Waals surface area (Å²) in [5.41, 5.74) is 0. The molecule has 0 spiro atoms. The molecule has 1 saturated heterocycles. The maximum Gasteiger partial charge on any atom is 0.0745 e.